The lowest BCUT2D eigenvalue weighted by atomic mass is 9.68. The summed E-state index contributed by atoms with van der Waals surface area (Å²) in [6, 6.07) is 22.9. The van der Waals surface area contributed by atoms with Gasteiger partial charge in [-0.3, -0.25) is 9.69 Å². The standard InChI is InChI=1S/C41H54N6O3/c1-29-10-5-6-12-33(29)26-47-28-41(39-35-16-15-34(50-43)25-36(35)45-40(39)37(47)27-48)18-22-46(23-19-41)30(2)32-13-9-11-31(24-32)14-17-38(49)44-21-8-4-3-7-20-42/h5-6,9-13,15-16,24-25,37,45,48H,2-4,7-8,14,17-23,26-28,42-43H2,1H3,(H,44,49). The Kier molecular flexibility index (Phi) is 11.6. The van der Waals surface area contributed by atoms with Crippen LogP contribution in [0.25, 0.3) is 16.6 Å². The number of nitrogens with one attached hydrogen (secondary N) is 2. The van der Waals surface area contributed by atoms with Gasteiger partial charge in [0, 0.05) is 72.9 Å². The number of carbonyl (C=O) groups excluding carboxylic acids is 1. The van der Waals surface area contributed by atoms with Gasteiger partial charge in [-0.25, -0.2) is 0 Å². The molecule has 0 saturated carbocycles. The van der Waals surface area contributed by atoms with Crippen molar-refractivity contribution >= 4 is 22.5 Å². The molecule has 4 aromatic rings. The van der Waals surface area contributed by atoms with Gasteiger partial charge >= 0.3 is 0 Å². The second-order valence-electron chi connectivity index (χ2n) is 14.2. The van der Waals surface area contributed by atoms with Gasteiger partial charge in [0.2, 0.25) is 5.91 Å². The normalized spacial score (nSPS) is 17.2. The highest BCUT2D eigenvalue weighted by Crippen LogP contribution is 2.50. The molecule has 1 saturated heterocycles. The number of aliphatic hydroxyl groups is 1. The molecular weight excluding hydrogens is 624 g/mol. The van der Waals surface area contributed by atoms with Gasteiger partial charge in [0.25, 0.3) is 0 Å². The molecule has 9 heteroatoms. The van der Waals surface area contributed by atoms with E-state index in [1.54, 1.807) is 0 Å². The maximum atomic E-state index is 12.5. The fraction of sp³-hybridized carbons (Fsp3) is 0.439. The molecule has 1 unspecified atom stereocenters. The van der Waals surface area contributed by atoms with E-state index in [-0.39, 0.29) is 24.0 Å². The van der Waals surface area contributed by atoms with Crippen molar-refractivity contribution in [3.8, 4) is 5.75 Å². The molecule has 1 spiro atoms. The summed E-state index contributed by atoms with van der Waals surface area (Å²) in [5.74, 6) is 6.25. The number of fused-ring (bicyclic) bond motifs is 4. The van der Waals surface area contributed by atoms with Crippen LogP contribution in [-0.2, 0) is 23.2 Å². The maximum absolute atomic E-state index is 12.5. The first-order valence-electron chi connectivity index (χ1n) is 18.3. The van der Waals surface area contributed by atoms with Crippen LogP contribution in [-0.4, -0.2) is 65.1 Å². The molecule has 7 N–H and O–H groups in total. The van der Waals surface area contributed by atoms with Crippen molar-refractivity contribution in [3.63, 3.8) is 0 Å². The van der Waals surface area contributed by atoms with E-state index in [0.29, 0.717) is 18.6 Å². The maximum Gasteiger partial charge on any atom is 0.220 e. The molecule has 50 heavy (non-hydrogen) atoms. The number of benzene rings is 3. The average molecular weight is 679 g/mol. The monoisotopic (exact) mass is 678 g/mol. The molecule has 2 aliphatic heterocycles. The zero-order chi connectivity index (χ0) is 35.1. The van der Waals surface area contributed by atoms with Gasteiger partial charge in [-0.2, -0.15) is 5.90 Å². The number of carbonyl (C=O) groups is 1. The fourth-order valence-electron chi connectivity index (χ4n) is 8.13. The minimum absolute atomic E-state index is 0.0260. The van der Waals surface area contributed by atoms with Crippen molar-refractivity contribution in [1.29, 1.82) is 0 Å². The number of piperidine rings is 1. The quantitative estimate of drug-likeness (QED) is 0.0787. The number of aryl methyl sites for hydroxylation is 2. The van der Waals surface area contributed by atoms with E-state index in [4.69, 9.17) is 16.5 Å². The number of nitrogens with two attached hydrogens (primary N) is 2. The summed E-state index contributed by atoms with van der Waals surface area (Å²) in [4.78, 5) is 26.2. The van der Waals surface area contributed by atoms with Crippen LogP contribution in [0, 0.1) is 6.92 Å². The van der Waals surface area contributed by atoms with E-state index in [2.05, 4.69) is 88.2 Å². The van der Waals surface area contributed by atoms with Crippen LogP contribution < -0.4 is 21.8 Å². The highest BCUT2D eigenvalue weighted by molar-refractivity contribution is 5.88. The SMILES string of the molecule is C=C(c1cccc(CCC(=O)NCCCCCCN)c1)N1CCC2(CC1)CN(Cc1ccccc1C)C(CO)c1[nH]c3cc(ON)ccc3c12. The molecule has 6 rings (SSSR count). The molecule has 2 aliphatic rings. The van der Waals surface area contributed by atoms with Crippen LogP contribution in [0.3, 0.4) is 0 Å². The zero-order valence-electron chi connectivity index (χ0n) is 29.6. The number of H-pyrrole nitrogens is 1. The largest absolute Gasteiger partial charge is 0.411 e. The van der Waals surface area contributed by atoms with Gasteiger partial charge in [0.15, 0.2) is 0 Å². The summed E-state index contributed by atoms with van der Waals surface area (Å²) >= 11 is 0. The summed E-state index contributed by atoms with van der Waals surface area (Å²) in [5.41, 5.74) is 14.7. The Morgan fingerprint density at radius 2 is 1.86 bits per heavy atom. The third-order valence-corrected chi connectivity index (χ3v) is 11.0. The second kappa shape index (κ2) is 16.2. The number of nitrogens with zero attached hydrogens (tertiary/aromatic N) is 2. The molecule has 1 fully saturated rings. The van der Waals surface area contributed by atoms with E-state index in [0.717, 1.165) is 106 Å². The fourth-order valence-corrected chi connectivity index (χ4v) is 8.13. The van der Waals surface area contributed by atoms with Crippen molar-refractivity contribution in [2.75, 3.05) is 39.3 Å². The number of likely N-dealkylation sites (tertiary alicyclic amines) is 1. The van der Waals surface area contributed by atoms with Crippen LogP contribution in [0.5, 0.6) is 5.75 Å². The number of hydrogen-bond donors (Lipinski definition) is 5. The van der Waals surface area contributed by atoms with Gasteiger partial charge < -0.3 is 30.9 Å². The highest BCUT2D eigenvalue weighted by Gasteiger charge is 2.47. The highest BCUT2D eigenvalue weighted by atomic mass is 16.6. The summed E-state index contributed by atoms with van der Waals surface area (Å²) in [5, 5.41) is 15.1. The molecular formula is C41H54N6O3. The molecule has 1 atom stereocenters. The van der Waals surface area contributed by atoms with Gasteiger partial charge in [-0.05, 0) is 91.6 Å². The van der Waals surface area contributed by atoms with Crippen LogP contribution in [0.1, 0.15) is 84.5 Å². The minimum atomic E-state index is -0.149. The Labute approximate surface area is 296 Å². The van der Waals surface area contributed by atoms with Crippen molar-refractivity contribution in [2.24, 2.45) is 11.6 Å². The zero-order valence-corrected chi connectivity index (χ0v) is 29.6. The van der Waals surface area contributed by atoms with Crippen molar-refractivity contribution in [1.82, 2.24) is 20.1 Å². The predicted octanol–water partition coefficient (Wildman–Crippen LogP) is 5.85. The molecule has 0 aliphatic carbocycles. The molecule has 3 aromatic carbocycles. The van der Waals surface area contributed by atoms with Gasteiger partial charge in [-0.1, -0.05) is 61.9 Å². The van der Waals surface area contributed by atoms with Gasteiger partial charge in [-0.15, -0.1) is 0 Å². The van der Waals surface area contributed by atoms with Crippen molar-refractivity contribution in [3.05, 3.63) is 107 Å². The Morgan fingerprint density at radius 3 is 2.62 bits per heavy atom. The lowest BCUT2D eigenvalue weighted by molar-refractivity contribution is -0.121. The van der Waals surface area contributed by atoms with Gasteiger partial charge in [0.05, 0.1) is 12.6 Å². The molecule has 266 valence electrons. The van der Waals surface area contributed by atoms with Crippen molar-refractivity contribution < 1.29 is 14.7 Å². The molecule has 9 nitrogen and oxygen atoms in total. The lowest BCUT2D eigenvalue weighted by Gasteiger charge is -2.51. The number of aliphatic hydroxyl groups excluding tert-OH is 1. The Balaban J connectivity index is 1.17. The first-order chi connectivity index (χ1) is 24.4. The number of hydrogen-bond acceptors (Lipinski definition) is 7. The topological polar surface area (TPSA) is 133 Å². The van der Waals surface area contributed by atoms with E-state index in [9.17, 15) is 9.90 Å². The number of rotatable bonds is 15. The molecule has 0 bridgehead atoms. The Bertz CT molecular complexity index is 1780. The molecule has 1 amide bonds. The van der Waals surface area contributed by atoms with E-state index >= 15 is 0 Å². The average Bonchev–Trinajstić information content (AvgIpc) is 3.53. The smallest absolute Gasteiger partial charge is 0.220 e. The molecule has 0 radical (unpaired) electrons. The second-order valence-corrected chi connectivity index (χ2v) is 14.2. The minimum Gasteiger partial charge on any atom is -0.411 e. The number of aromatic amines is 1. The van der Waals surface area contributed by atoms with Crippen molar-refractivity contribution in [2.45, 2.75) is 76.3 Å². The summed E-state index contributed by atoms with van der Waals surface area (Å²) < 4.78 is 0. The van der Waals surface area contributed by atoms with Crippen LogP contribution >= 0.6 is 0 Å². The summed E-state index contributed by atoms with van der Waals surface area (Å²) in [6.07, 6.45) is 7.35. The Hall–Kier alpha value is -4.15. The van der Waals surface area contributed by atoms with E-state index in [1.165, 1.54) is 22.1 Å². The van der Waals surface area contributed by atoms with E-state index in [1.807, 2.05) is 12.1 Å². The Morgan fingerprint density at radius 1 is 1.06 bits per heavy atom. The third kappa shape index (κ3) is 7.76. The predicted molar refractivity (Wildman–Crippen MR) is 201 cm³/mol. The van der Waals surface area contributed by atoms with E-state index < -0.39 is 0 Å². The van der Waals surface area contributed by atoms with Crippen LogP contribution in [0.15, 0.2) is 73.3 Å². The summed E-state index contributed by atoms with van der Waals surface area (Å²) in [6.45, 7) is 11.6. The van der Waals surface area contributed by atoms with Crippen LogP contribution in [0.4, 0.5) is 0 Å². The number of amides is 1. The number of unbranched alkanes of at least 4 members (excludes halogenated alkanes) is 3. The first kappa shape index (κ1) is 35.7. The third-order valence-electron chi connectivity index (χ3n) is 11.0. The van der Waals surface area contributed by atoms with Crippen LogP contribution in [0.2, 0.25) is 0 Å². The lowest BCUT2D eigenvalue weighted by Crippen LogP contribution is -2.53. The number of aromatic nitrogens is 1. The van der Waals surface area contributed by atoms with Gasteiger partial charge in [0.1, 0.15) is 5.75 Å². The summed E-state index contributed by atoms with van der Waals surface area (Å²) in [7, 11) is 0. The molecule has 1 aromatic heterocycles. The first-order valence-corrected chi connectivity index (χ1v) is 18.3. The molecule has 3 heterocycles.